The van der Waals surface area contributed by atoms with Crippen molar-refractivity contribution < 1.29 is 27.6 Å². The lowest BCUT2D eigenvalue weighted by molar-refractivity contribution is -0.137. The second-order valence-corrected chi connectivity index (χ2v) is 10.5. The van der Waals surface area contributed by atoms with Crippen LogP contribution in [0.2, 0.25) is 0 Å². The van der Waals surface area contributed by atoms with E-state index in [1.807, 2.05) is 19.1 Å². The minimum Gasteiger partial charge on any atom is -0.393 e. The Morgan fingerprint density at radius 1 is 1.10 bits per heavy atom. The van der Waals surface area contributed by atoms with Crippen LogP contribution in [0, 0.1) is 0 Å². The Bertz CT molecular complexity index is 1300. The summed E-state index contributed by atoms with van der Waals surface area (Å²) in [6.07, 6.45) is -0.674. The van der Waals surface area contributed by atoms with Crippen LogP contribution in [-0.4, -0.2) is 40.7 Å². The number of carbonyl (C=O) groups is 1. The lowest BCUT2D eigenvalue weighted by Gasteiger charge is -2.26. The minimum atomic E-state index is -4.72. The fourth-order valence-corrected chi connectivity index (χ4v) is 5.31. The molecule has 8 nitrogen and oxygen atoms in total. The van der Waals surface area contributed by atoms with Crippen LogP contribution >= 0.6 is 8.81 Å². The van der Waals surface area contributed by atoms with Crippen LogP contribution in [0.25, 0.3) is 0 Å². The SMILES string of the molecule is CCOPCc1ccc(Nc2ncc(C(F)(F)F)c(Nc3ccc(C4CCC(O)CC4)cc3C(=O)NC)n2)cc1. The van der Waals surface area contributed by atoms with Gasteiger partial charge in [0.2, 0.25) is 5.95 Å². The third kappa shape index (κ3) is 7.68. The Hall–Kier alpha value is -3.27. The average Bonchev–Trinajstić information content (AvgIpc) is 2.94. The van der Waals surface area contributed by atoms with Crippen molar-refractivity contribution in [1.82, 2.24) is 15.3 Å². The predicted molar refractivity (Wildman–Crippen MR) is 151 cm³/mol. The topological polar surface area (TPSA) is 108 Å². The molecule has 12 heteroatoms. The van der Waals surface area contributed by atoms with Gasteiger partial charge in [0, 0.05) is 40.5 Å². The monoisotopic (exact) mass is 575 g/mol. The maximum atomic E-state index is 13.9. The molecule has 1 heterocycles. The third-order valence-corrected chi connectivity index (χ3v) is 7.81. The first-order valence-corrected chi connectivity index (χ1v) is 14.3. The zero-order chi connectivity index (χ0) is 28.7. The first kappa shape index (κ1) is 29.7. The number of nitrogens with zero attached hydrogens (tertiary/aromatic N) is 2. The van der Waals surface area contributed by atoms with E-state index in [1.165, 1.54) is 7.05 Å². The number of rotatable bonds is 10. The summed E-state index contributed by atoms with van der Waals surface area (Å²) in [5, 5.41) is 18.1. The van der Waals surface area contributed by atoms with Gasteiger partial charge in [-0.25, -0.2) is 4.98 Å². The number of alkyl halides is 3. The van der Waals surface area contributed by atoms with Crippen LogP contribution in [0.1, 0.15) is 65.6 Å². The van der Waals surface area contributed by atoms with Gasteiger partial charge in [-0.1, -0.05) is 18.2 Å². The number of aliphatic hydroxyl groups excluding tert-OH is 1. The molecule has 1 aliphatic rings. The lowest BCUT2D eigenvalue weighted by Crippen LogP contribution is -2.21. The molecule has 0 spiro atoms. The van der Waals surface area contributed by atoms with Crippen molar-refractivity contribution >= 4 is 37.9 Å². The van der Waals surface area contributed by atoms with E-state index in [9.17, 15) is 23.1 Å². The molecule has 1 aromatic heterocycles. The molecular weight excluding hydrogens is 542 g/mol. The van der Waals surface area contributed by atoms with Crippen LogP contribution in [0.3, 0.4) is 0 Å². The number of aromatic nitrogens is 2. The Morgan fingerprint density at radius 3 is 2.48 bits per heavy atom. The van der Waals surface area contributed by atoms with E-state index in [4.69, 9.17) is 4.52 Å². The summed E-state index contributed by atoms with van der Waals surface area (Å²) < 4.78 is 47.1. The normalized spacial score (nSPS) is 17.6. The first-order chi connectivity index (χ1) is 19.2. The summed E-state index contributed by atoms with van der Waals surface area (Å²) in [5.41, 5.74) is 1.93. The molecule has 1 saturated carbocycles. The third-order valence-electron chi connectivity index (χ3n) is 6.76. The molecule has 1 aliphatic carbocycles. The molecule has 1 unspecified atom stereocenters. The molecule has 214 valence electrons. The minimum absolute atomic E-state index is 0.0293. The second kappa shape index (κ2) is 13.4. The number of hydrogen-bond donors (Lipinski definition) is 4. The zero-order valence-corrected chi connectivity index (χ0v) is 23.3. The highest BCUT2D eigenvalue weighted by Crippen LogP contribution is 2.38. The molecule has 1 atom stereocenters. The molecule has 0 saturated heterocycles. The van der Waals surface area contributed by atoms with Crippen molar-refractivity contribution in [2.24, 2.45) is 0 Å². The average molecular weight is 576 g/mol. The number of nitrogens with one attached hydrogen (secondary N) is 3. The summed E-state index contributed by atoms with van der Waals surface area (Å²) in [7, 11) is 1.82. The maximum Gasteiger partial charge on any atom is 0.421 e. The van der Waals surface area contributed by atoms with Gasteiger partial charge in [-0.3, -0.25) is 4.79 Å². The highest BCUT2D eigenvalue weighted by Gasteiger charge is 2.36. The van der Waals surface area contributed by atoms with Crippen molar-refractivity contribution in [2.45, 2.75) is 57.0 Å². The van der Waals surface area contributed by atoms with E-state index in [0.29, 0.717) is 33.9 Å². The Morgan fingerprint density at radius 2 is 1.82 bits per heavy atom. The van der Waals surface area contributed by atoms with Gasteiger partial charge >= 0.3 is 6.18 Å². The van der Waals surface area contributed by atoms with Crippen molar-refractivity contribution in [3.05, 3.63) is 70.9 Å². The van der Waals surface area contributed by atoms with Gasteiger partial charge in [0.25, 0.3) is 5.91 Å². The Labute approximate surface area is 233 Å². The van der Waals surface area contributed by atoms with Crippen molar-refractivity contribution in [1.29, 1.82) is 0 Å². The number of hydrogen-bond acceptors (Lipinski definition) is 7. The highest BCUT2D eigenvalue weighted by atomic mass is 31.1. The van der Waals surface area contributed by atoms with Gasteiger partial charge in [0.15, 0.2) is 0 Å². The summed E-state index contributed by atoms with van der Waals surface area (Å²) in [6, 6.07) is 12.5. The van der Waals surface area contributed by atoms with E-state index in [-0.39, 0.29) is 29.2 Å². The van der Waals surface area contributed by atoms with Gasteiger partial charge in [-0.15, -0.1) is 0 Å². The molecular formula is C28H33F3N5O3P. The largest absolute Gasteiger partial charge is 0.421 e. The number of amides is 1. The van der Waals surface area contributed by atoms with Crippen molar-refractivity contribution in [3.63, 3.8) is 0 Å². The van der Waals surface area contributed by atoms with Crippen LogP contribution in [-0.2, 0) is 16.9 Å². The molecule has 3 aromatic rings. The van der Waals surface area contributed by atoms with E-state index in [1.54, 1.807) is 30.3 Å². The molecule has 1 fully saturated rings. The quantitative estimate of drug-likeness (QED) is 0.162. The fourth-order valence-electron chi connectivity index (χ4n) is 4.60. The summed E-state index contributed by atoms with van der Waals surface area (Å²) in [5.74, 6) is -0.782. The standard InChI is InChI=1S/C28H33F3N5O3P/c1-3-39-40-16-17-4-9-20(10-5-17)34-27-33-15-23(28(29,30)31)25(36-27)35-24-13-8-19(14-22(24)26(38)32-2)18-6-11-21(37)12-7-18/h4-5,8-10,13-15,18,21,37,40H,3,6-7,11-12,16H2,1-2H3,(H,32,38)(H2,33,34,35,36). The number of carbonyl (C=O) groups excluding carboxylic acids is 1. The zero-order valence-electron chi connectivity index (χ0n) is 22.3. The van der Waals surface area contributed by atoms with E-state index < -0.39 is 23.5 Å². The number of aliphatic hydroxyl groups is 1. The van der Waals surface area contributed by atoms with Crippen LogP contribution in [0.15, 0.2) is 48.7 Å². The molecule has 0 bridgehead atoms. The maximum absolute atomic E-state index is 13.9. The van der Waals surface area contributed by atoms with Gasteiger partial charge in [-0.2, -0.15) is 18.2 Å². The first-order valence-electron chi connectivity index (χ1n) is 13.1. The molecule has 0 radical (unpaired) electrons. The fraction of sp³-hybridized carbons (Fsp3) is 0.393. The predicted octanol–water partition coefficient (Wildman–Crippen LogP) is 6.49. The van der Waals surface area contributed by atoms with Crippen LogP contribution < -0.4 is 16.0 Å². The van der Waals surface area contributed by atoms with Gasteiger partial charge in [0.1, 0.15) is 11.4 Å². The lowest BCUT2D eigenvalue weighted by atomic mass is 9.82. The molecule has 1 amide bonds. The van der Waals surface area contributed by atoms with Gasteiger partial charge in [-0.05, 0) is 73.9 Å². The highest BCUT2D eigenvalue weighted by molar-refractivity contribution is 7.31. The molecule has 2 aromatic carbocycles. The van der Waals surface area contributed by atoms with E-state index >= 15 is 0 Å². The Kier molecular flexibility index (Phi) is 9.95. The van der Waals surface area contributed by atoms with E-state index in [0.717, 1.165) is 36.3 Å². The molecule has 40 heavy (non-hydrogen) atoms. The molecule has 4 rings (SSSR count). The second-order valence-electron chi connectivity index (χ2n) is 9.54. The summed E-state index contributed by atoms with van der Waals surface area (Å²) in [6.45, 7) is 2.59. The smallest absolute Gasteiger partial charge is 0.393 e. The Balaban J connectivity index is 1.60. The number of anilines is 4. The van der Waals surface area contributed by atoms with Gasteiger partial charge < -0.3 is 25.6 Å². The summed E-state index contributed by atoms with van der Waals surface area (Å²) >= 11 is 0. The number of halogens is 3. The van der Waals surface area contributed by atoms with Crippen LogP contribution in [0.5, 0.6) is 0 Å². The van der Waals surface area contributed by atoms with Crippen LogP contribution in [0.4, 0.5) is 36.3 Å². The van der Waals surface area contributed by atoms with Crippen molar-refractivity contribution in [2.75, 3.05) is 24.3 Å². The summed E-state index contributed by atoms with van der Waals surface area (Å²) in [4.78, 5) is 20.8. The van der Waals surface area contributed by atoms with E-state index in [2.05, 4.69) is 25.9 Å². The number of benzene rings is 2. The molecule has 4 N–H and O–H groups in total. The van der Waals surface area contributed by atoms with Crippen molar-refractivity contribution in [3.8, 4) is 0 Å². The molecule has 0 aliphatic heterocycles. The van der Waals surface area contributed by atoms with Gasteiger partial charge in [0.05, 0.1) is 17.4 Å².